The second-order valence-electron chi connectivity index (χ2n) is 5.40. The Kier molecular flexibility index (Phi) is 4.57. The molecule has 0 aliphatic carbocycles. The van der Waals surface area contributed by atoms with Crippen LogP contribution in [-0.2, 0) is 17.8 Å². The van der Waals surface area contributed by atoms with E-state index in [1.807, 2.05) is 19.2 Å². The molecule has 112 valence electrons. The number of aryl methyl sites for hydroxylation is 1. The van der Waals surface area contributed by atoms with Crippen LogP contribution >= 0.6 is 0 Å². The maximum absolute atomic E-state index is 5.74. The van der Waals surface area contributed by atoms with Crippen LogP contribution in [0.15, 0.2) is 29.0 Å². The molecule has 1 saturated heterocycles. The summed E-state index contributed by atoms with van der Waals surface area (Å²) in [4.78, 5) is 10.8. The van der Waals surface area contributed by atoms with Gasteiger partial charge in [-0.15, -0.1) is 0 Å². The molecule has 3 rings (SSSR count). The van der Waals surface area contributed by atoms with Crippen molar-refractivity contribution in [1.82, 2.24) is 20.0 Å². The predicted octanol–water partition coefficient (Wildman–Crippen LogP) is 1.95. The Labute approximate surface area is 124 Å². The highest BCUT2D eigenvalue weighted by molar-refractivity contribution is 5.08. The maximum Gasteiger partial charge on any atom is 0.223 e. The first-order valence-corrected chi connectivity index (χ1v) is 7.31. The van der Waals surface area contributed by atoms with Crippen LogP contribution in [0.1, 0.15) is 30.1 Å². The van der Waals surface area contributed by atoms with Crippen LogP contribution < -0.4 is 0 Å². The molecule has 0 aromatic carbocycles. The first-order chi connectivity index (χ1) is 10.3. The predicted molar refractivity (Wildman–Crippen MR) is 76.4 cm³/mol. The number of hydrogen-bond acceptors (Lipinski definition) is 6. The van der Waals surface area contributed by atoms with Gasteiger partial charge in [0.2, 0.25) is 5.89 Å². The lowest BCUT2D eigenvalue weighted by Gasteiger charge is -2.23. The molecular weight excluding hydrogens is 268 g/mol. The average molecular weight is 288 g/mol. The largest absolute Gasteiger partial charge is 0.377 e. The van der Waals surface area contributed by atoms with E-state index in [1.54, 1.807) is 6.20 Å². The standard InChI is InChI=1S/C15H20N4O2/c1-12-17-15(18-21-12)11-19(10-14-5-3-7-20-14)9-13-4-2-6-16-8-13/h2,4,6,8,14H,3,5,7,9-11H2,1H3/t14-/m1/s1. The van der Waals surface area contributed by atoms with Crippen molar-refractivity contribution in [2.45, 2.75) is 39.0 Å². The molecule has 0 amide bonds. The Morgan fingerprint density at radius 2 is 2.33 bits per heavy atom. The normalized spacial score (nSPS) is 18.5. The first-order valence-electron chi connectivity index (χ1n) is 7.31. The van der Waals surface area contributed by atoms with Gasteiger partial charge in [0.25, 0.3) is 0 Å². The molecule has 1 atom stereocenters. The molecule has 0 spiro atoms. The van der Waals surface area contributed by atoms with E-state index in [0.29, 0.717) is 18.5 Å². The van der Waals surface area contributed by atoms with Gasteiger partial charge in [0, 0.05) is 39.0 Å². The zero-order chi connectivity index (χ0) is 14.5. The van der Waals surface area contributed by atoms with E-state index in [9.17, 15) is 0 Å². The van der Waals surface area contributed by atoms with E-state index in [4.69, 9.17) is 9.26 Å². The third-order valence-corrected chi connectivity index (χ3v) is 3.55. The molecule has 1 fully saturated rings. The fourth-order valence-corrected chi connectivity index (χ4v) is 2.62. The Bertz CT molecular complexity index is 552. The molecule has 0 saturated carbocycles. The van der Waals surface area contributed by atoms with Crippen molar-refractivity contribution in [3.05, 3.63) is 41.8 Å². The Morgan fingerprint density at radius 3 is 3.00 bits per heavy atom. The minimum absolute atomic E-state index is 0.301. The lowest BCUT2D eigenvalue weighted by Crippen LogP contribution is -2.31. The first kappa shape index (κ1) is 14.2. The molecule has 0 N–H and O–H groups in total. The zero-order valence-corrected chi connectivity index (χ0v) is 12.2. The van der Waals surface area contributed by atoms with E-state index < -0.39 is 0 Å². The number of aromatic nitrogens is 3. The minimum atomic E-state index is 0.301. The lowest BCUT2D eigenvalue weighted by molar-refractivity contribution is 0.0667. The van der Waals surface area contributed by atoms with Crippen molar-refractivity contribution in [3.63, 3.8) is 0 Å². The van der Waals surface area contributed by atoms with E-state index >= 15 is 0 Å². The Balaban J connectivity index is 1.67. The third-order valence-electron chi connectivity index (χ3n) is 3.55. The van der Waals surface area contributed by atoms with Gasteiger partial charge in [-0.1, -0.05) is 11.2 Å². The number of rotatable bonds is 6. The van der Waals surface area contributed by atoms with Gasteiger partial charge < -0.3 is 9.26 Å². The molecule has 1 aliphatic heterocycles. The van der Waals surface area contributed by atoms with Crippen LogP contribution in [0.4, 0.5) is 0 Å². The van der Waals surface area contributed by atoms with Gasteiger partial charge in [0.15, 0.2) is 5.82 Å². The van der Waals surface area contributed by atoms with Gasteiger partial charge in [0.1, 0.15) is 0 Å². The van der Waals surface area contributed by atoms with E-state index in [2.05, 4.69) is 26.1 Å². The van der Waals surface area contributed by atoms with Gasteiger partial charge >= 0.3 is 0 Å². The van der Waals surface area contributed by atoms with Crippen molar-refractivity contribution in [2.24, 2.45) is 0 Å². The van der Waals surface area contributed by atoms with Crippen LogP contribution in [0.5, 0.6) is 0 Å². The number of hydrogen-bond donors (Lipinski definition) is 0. The monoisotopic (exact) mass is 288 g/mol. The fourth-order valence-electron chi connectivity index (χ4n) is 2.62. The molecule has 2 aromatic rings. The average Bonchev–Trinajstić information content (AvgIpc) is 3.12. The molecule has 0 radical (unpaired) electrons. The van der Waals surface area contributed by atoms with Gasteiger partial charge in [-0.25, -0.2) is 0 Å². The van der Waals surface area contributed by atoms with Crippen molar-refractivity contribution in [2.75, 3.05) is 13.2 Å². The van der Waals surface area contributed by atoms with Crippen LogP contribution in [0.25, 0.3) is 0 Å². The van der Waals surface area contributed by atoms with E-state index in [1.165, 1.54) is 5.56 Å². The third kappa shape index (κ3) is 4.09. The van der Waals surface area contributed by atoms with Crippen molar-refractivity contribution >= 4 is 0 Å². The molecule has 21 heavy (non-hydrogen) atoms. The van der Waals surface area contributed by atoms with E-state index in [-0.39, 0.29) is 0 Å². The highest BCUT2D eigenvalue weighted by Crippen LogP contribution is 2.16. The lowest BCUT2D eigenvalue weighted by atomic mass is 10.2. The summed E-state index contributed by atoms with van der Waals surface area (Å²) in [5, 5.41) is 3.99. The summed E-state index contributed by atoms with van der Waals surface area (Å²) < 4.78 is 10.8. The number of nitrogens with zero attached hydrogens (tertiary/aromatic N) is 4. The van der Waals surface area contributed by atoms with E-state index in [0.717, 1.165) is 38.4 Å². The van der Waals surface area contributed by atoms with Gasteiger partial charge in [-0.05, 0) is 24.5 Å². The summed E-state index contributed by atoms with van der Waals surface area (Å²) in [5.74, 6) is 1.32. The Hall–Kier alpha value is -1.79. The van der Waals surface area contributed by atoms with Crippen LogP contribution in [0.2, 0.25) is 0 Å². The molecule has 3 heterocycles. The maximum atomic E-state index is 5.74. The topological polar surface area (TPSA) is 64.3 Å². The zero-order valence-electron chi connectivity index (χ0n) is 12.2. The molecule has 0 bridgehead atoms. The highest BCUT2D eigenvalue weighted by Gasteiger charge is 2.20. The second kappa shape index (κ2) is 6.78. The molecule has 2 aromatic heterocycles. The number of pyridine rings is 1. The van der Waals surface area contributed by atoms with Crippen molar-refractivity contribution < 1.29 is 9.26 Å². The highest BCUT2D eigenvalue weighted by atomic mass is 16.5. The quantitative estimate of drug-likeness (QED) is 0.809. The summed E-state index contributed by atoms with van der Waals surface area (Å²) in [6.45, 7) is 5.02. The fraction of sp³-hybridized carbons (Fsp3) is 0.533. The second-order valence-corrected chi connectivity index (χ2v) is 5.40. The molecule has 1 aliphatic rings. The van der Waals surface area contributed by atoms with Crippen molar-refractivity contribution in [3.8, 4) is 0 Å². The van der Waals surface area contributed by atoms with Crippen molar-refractivity contribution in [1.29, 1.82) is 0 Å². The number of ether oxygens (including phenoxy) is 1. The minimum Gasteiger partial charge on any atom is -0.377 e. The summed E-state index contributed by atoms with van der Waals surface area (Å²) in [6, 6.07) is 4.04. The van der Waals surface area contributed by atoms with Crippen LogP contribution in [-0.4, -0.2) is 39.3 Å². The van der Waals surface area contributed by atoms with Gasteiger partial charge in [0.05, 0.1) is 12.6 Å². The smallest absolute Gasteiger partial charge is 0.223 e. The molecule has 6 nitrogen and oxygen atoms in total. The summed E-state index contributed by atoms with van der Waals surface area (Å²) in [5.41, 5.74) is 1.18. The van der Waals surface area contributed by atoms with Gasteiger partial charge in [-0.2, -0.15) is 4.98 Å². The van der Waals surface area contributed by atoms with Gasteiger partial charge in [-0.3, -0.25) is 9.88 Å². The summed E-state index contributed by atoms with van der Waals surface area (Å²) in [7, 11) is 0. The molecule has 0 unspecified atom stereocenters. The summed E-state index contributed by atoms with van der Waals surface area (Å²) in [6.07, 6.45) is 6.25. The summed E-state index contributed by atoms with van der Waals surface area (Å²) >= 11 is 0. The SMILES string of the molecule is Cc1nc(CN(Cc2cccnc2)C[C@H]2CCCO2)no1. The van der Waals surface area contributed by atoms with Crippen LogP contribution in [0, 0.1) is 6.92 Å². The molecule has 6 heteroatoms. The Morgan fingerprint density at radius 1 is 1.38 bits per heavy atom. The molecular formula is C15H20N4O2. The van der Waals surface area contributed by atoms with Crippen LogP contribution in [0.3, 0.4) is 0 Å².